The van der Waals surface area contributed by atoms with Crippen molar-refractivity contribution in [3.8, 4) is 11.3 Å². The van der Waals surface area contributed by atoms with Gasteiger partial charge in [-0.1, -0.05) is 54.1 Å². The number of likely N-dealkylation sites (tertiary alicyclic amines) is 1. The number of imidazole rings is 1. The lowest BCUT2D eigenvalue weighted by atomic mass is 9.99. The number of fused-ring (bicyclic) bond motifs is 2. The molecule has 5 rings (SSSR count). The topological polar surface area (TPSA) is 73.4 Å². The number of halogens is 1. The molecule has 0 radical (unpaired) electrons. The van der Waals surface area contributed by atoms with E-state index in [1.807, 2.05) is 34.9 Å². The van der Waals surface area contributed by atoms with Gasteiger partial charge in [0.1, 0.15) is 23.3 Å². The van der Waals surface area contributed by atoms with Gasteiger partial charge in [-0.25, -0.2) is 4.98 Å². The summed E-state index contributed by atoms with van der Waals surface area (Å²) in [4.78, 5) is 19.9. The number of primary amides is 1. The molecule has 2 aliphatic rings. The van der Waals surface area contributed by atoms with Crippen molar-refractivity contribution in [2.45, 2.75) is 38.0 Å². The van der Waals surface area contributed by atoms with Gasteiger partial charge in [0, 0.05) is 25.2 Å². The Morgan fingerprint density at radius 3 is 2.56 bits per heavy atom. The number of rotatable bonds is 4. The zero-order valence-corrected chi connectivity index (χ0v) is 18.9. The second kappa shape index (κ2) is 8.70. The van der Waals surface area contributed by atoms with E-state index in [0.29, 0.717) is 28.5 Å². The van der Waals surface area contributed by atoms with Crippen molar-refractivity contribution in [2.24, 2.45) is 5.73 Å². The van der Waals surface area contributed by atoms with E-state index in [2.05, 4.69) is 24.1 Å². The van der Waals surface area contributed by atoms with Crippen LogP contribution < -0.4 is 5.73 Å². The highest BCUT2D eigenvalue weighted by atomic mass is 35.5. The fourth-order valence-electron chi connectivity index (χ4n) is 4.82. The number of benzene rings is 2. The average molecular weight is 451 g/mol. The largest absolute Gasteiger partial charge is 0.364 e. The van der Waals surface area contributed by atoms with Gasteiger partial charge in [0.15, 0.2) is 0 Å². The number of amides is 1. The van der Waals surface area contributed by atoms with Crippen molar-refractivity contribution < 1.29 is 9.53 Å². The molecule has 1 atom stereocenters. The Kier molecular flexibility index (Phi) is 5.76. The van der Waals surface area contributed by atoms with E-state index in [-0.39, 0.29) is 12.2 Å². The van der Waals surface area contributed by atoms with Crippen molar-refractivity contribution in [3.63, 3.8) is 0 Å². The van der Waals surface area contributed by atoms with Crippen LogP contribution in [0.5, 0.6) is 0 Å². The lowest BCUT2D eigenvalue weighted by Gasteiger charge is -2.32. The lowest BCUT2D eigenvalue weighted by molar-refractivity contribution is -0.0276. The second-order valence-corrected chi connectivity index (χ2v) is 9.04. The monoisotopic (exact) mass is 450 g/mol. The van der Waals surface area contributed by atoms with Crippen molar-refractivity contribution in [2.75, 3.05) is 20.1 Å². The molecule has 0 saturated carbocycles. The van der Waals surface area contributed by atoms with Crippen LogP contribution in [0.15, 0.2) is 48.5 Å². The maximum atomic E-state index is 12.6. The number of carbonyl (C=O) groups excluding carboxylic acids is 1. The molecule has 1 unspecified atom stereocenters. The average Bonchev–Trinajstić information content (AvgIpc) is 3.10. The van der Waals surface area contributed by atoms with Crippen LogP contribution in [-0.4, -0.2) is 46.6 Å². The Labute approximate surface area is 193 Å². The van der Waals surface area contributed by atoms with E-state index in [4.69, 9.17) is 27.1 Å². The van der Waals surface area contributed by atoms with Gasteiger partial charge in [-0.15, -0.1) is 0 Å². The van der Waals surface area contributed by atoms with Gasteiger partial charge in [-0.2, -0.15) is 0 Å². The Balaban J connectivity index is 1.65. The summed E-state index contributed by atoms with van der Waals surface area (Å²) < 4.78 is 8.68. The molecule has 1 amide bonds. The van der Waals surface area contributed by atoms with E-state index in [1.165, 1.54) is 5.56 Å². The van der Waals surface area contributed by atoms with Crippen molar-refractivity contribution in [1.82, 2.24) is 14.5 Å². The normalized spacial score (nSPS) is 19.2. The number of aromatic nitrogens is 2. The number of aryl methyl sites for hydroxylation is 1. The van der Waals surface area contributed by atoms with Crippen molar-refractivity contribution in [3.05, 3.63) is 76.2 Å². The maximum absolute atomic E-state index is 12.6. The number of hydrogen-bond acceptors (Lipinski definition) is 4. The van der Waals surface area contributed by atoms with Gasteiger partial charge >= 0.3 is 0 Å². The summed E-state index contributed by atoms with van der Waals surface area (Å²) in [6.07, 6.45) is 2.48. The van der Waals surface area contributed by atoms with E-state index in [9.17, 15) is 4.79 Å². The number of ether oxygens (including phenoxy) is 1. The molecule has 32 heavy (non-hydrogen) atoms. The van der Waals surface area contributed by atoms with Crippen LogP contribution in [0.3, 0.4) is 0 Å². The lowest BCUT2D eigenvalue weighted by Crippen LogP contribution is -2.35. The Morgan fingerprint density at radius 2 is 1.81 bits per heavy atom. The second-order valence-electron chi connectivity index (χ2n) is 8.63. The molecule has 7 heteroatoms. The highest BCUT2D eigenvalue weighted by Crippen LogP contribution is 2.38. The minimum atomic E-state index is -0.511. The molecule has 166 valence electrons. The summed E-state index contributed by atoms with van der Waals surface area (Å²) in [7, 11) is 2.14. The van der Waals surface area contributed by atoms with Crippen LogP contribution in [0.1, 0.15) is 46.4 Å². The first-order valence-electron chi connectivity index (χ1n) is 11.1. The molecule has 3 heterocycles. The molecular formula is C25H27ClN4O2. The van der Waals surface area contributed by atoms with Crippen LogP contribution in [0.4, 0.5) is 0 Å². The summed E-state index contributed by atoms with van der Waals surface area (Å²) >= 11 is 6.48. The Hall–Kier alpha value is -2.67. The van der Waals surface area contributed by atoms with Crippen LogP contribution in [0.2, 0.25) is 5.02 Å². The summed E-state index contributed by atoms with van der Waals surface area (Å²) in [5, 5.41) is 0.538. The van der Waals surface area contributed by atoms with E-state index < -0.39 is 5.91 Å². The predicted molar refractivity (Wildman–Crippen MR) is 125 cm³/mol. The third-order valence-corrected chi connectivity index (χ3v) is 6.86. The summed E-state index contributed by atoms with van der Waals surface area (Å²) in [5.74, 6) is 0.209. The standard InChI is InChI=1S/C25H27ClN4O2/c1-29-13-11-17(12-14-29)32-23-18-7-3-2-6-16(18)10-15-30-22(24(27)31)21(28-25(23)30)19-8-4-5-9-20(19)26/h2-9,17,23H,10-15H2,1H3,(H2,27,31). The smallest absolute Gasteiger partial charge is 0.267 e. The van der Waals surface area contributed by atoms with Gasteiger partial charge in [0.05, 0.1) is 11.1 Å². The fourth-order valence-corrected chi connectivity index (χ4v) is 5.05. The number of nitrogens with zero attached hydrogens (tertiary/aromatic N) is 3. The van der Waals surface area contributed by atoms with Crippen LogP contribution >= 0.6 is 11.6 Å². The van der Waals surface area contributed by atoms with Crippen LogP contribution in [-0.2, 0) is 17.7 Å². The molecule has 6 nitrogen and oxygen atoms in total. The minimum absolute atomic E-state index is 0.133. The fraction of sp³-hybridized carbons (Fsp3) is 0.360. The first kappa shape index (κ1) is 21.2. The van der Waals surface area contributed by atoms with Gasteiger partial charge < -0.3 is 19.9 Å². The molecule has 2 aliphatic heterocycles. The molecule has 2 N–H and O–H groups in total. The predicted octanol–water partition coefficient (Wildman–Crippen LogP) is 4.06. The summed E-state index contributed by atoms with van der Waals surface area (Å²) in [6.45, 7) is 2.62. The third-order valence-electron chi connectivity index (χ3n) is 6.53. The molecule has 1 fully saturated rings. The summed E-state index contributed by atoms with van der Waals surface area (Å²) in [6, 6.07) is 15.7. The molecular weight excluding hydrogens is 424 g/mol. The van der Waals surface area contributed by atoms with E-state index in [1.54, 1.807) is 6.07 Å². The van der Waals surface area contributed by atoms with E-state index in [0.717, 1.165) is 43.7 Å². The molecule has 1 aromatic heterocycles. The van der Waals surface area contributed by atoms with Gasteiger partial charge in [-0.05, 0) is 43.5 Å². The number of hydrogen-bond donors (Lipinski definition) is 1. The first-order chi connectivity index (χ1) is 15.5. The molecule has 1 saturated heterocycles. The highest BCUT2D eigenvalue weighted by Gasteiger charge is 2.34. The van der Waals surface area contributed by atoms with Gasteiger partial charge in [-0.3, -0.25) is 4.79 Å². The minimum Gasteiger partial charge on any atom is -0.364 e. The van der Waals surface area contributed by atoms with Gasteiger partial charge in [0.25, 0.3) is 5.91 Å². The van der Waals surface area contributed by atoms with Crippen molar-refractivity contribution >= 4 is 17.5 Å². The number of nitrogens with two attached hydrogens (primary N) is 1. The maximum Gasteiger partial charge on any atom is 0.267 e. The molecule has 3 aromatic rings. The zero-order chi connectivity index (χ0) is 22.2. The number of carbonyl (C=O) groups is 1. The summed E-state index contributed by atoms with van der Waals surface area (Å²) in [5.41, 5.74) is 9.82. The Morgan fingerprint density at radius 1 is 1.09 bits per heavy atom. The molecule has 2 aromatic carbocycles. The first-order valence-corrected chi connectivity index (χ1v) is 11.5. The third kappa shape index (κ3) is 3.83. The van der Waals surface area contributed by atoms with Crippen LogP contribution in [0.25, 0.3) is 11.3 Å². The van der Waals surface area contributed by atoms with E-state index >= 15 is 0 Å². The number of piperidine rings is 1. The SMILES string of the molecule is CN1CCC(OC2c3ccccc3CCn3c2nc(-c2ccccc2Cl)c3C(N)=O)CC1. The van der Waals surface area contributed by atoms with Gasteiger partial charge in [0.2, 0.25) is 0 Å². The quantitative estimate of drug-likeness (QED) is 0.650. The zero-order valence-electron chi connectivity index (χ0n) is 18.1. The highest BCUT2D eigenvalue weighted by molar-refractivity contribution is 6.33. The molecule has 0 bridgehead atoms. The van der Waals surface area contributed by atoms with Crippen LogP contribution in [0, 0.1) is 0 Å². The Bertz CT molecular complexity index is 1150. The van der Waals surface area contributed by atoms with Crippen molar-refractivity contribution in [1.29, 1.82) is 0 Å². The molecule has 0 aliphatic carbocycles. The molecule has 0 spiro atoms.